The summed E-state index contributed by atoms with van der Waals surface area (Å²) in [6.07, 6.45) is 0.908. The standard InChI is InChI=1S/C18H29N3O4S/c1-15(2)7-8-19-18(22)16-3-5-17(6-4-16)26(23,24)20-9-10-21-11-13-25-14-12-21/h3-6,15,20H,7-14H2,1-2H3,(H,19,22). The zero-order valence-electron chi connectivity index (χ0n) is 15.5. The molecule has 2 N–H and O–H groups in total. The van der Waals surface area contributed by atoms with Crippen LogP contribution in [-0.4, -0.2) is 65.2 Å². The van der Waals surface area contributed by atoms with Crippen LogP contribution in [0.2, 0.25) is 0 Å². The highest BCUT2D eigenvalue weighted by atomic mass is 32.2. The van der Waals surface area contributed by atoms with Gasteiger partial charge in [-0.05, 0) is 36.6 Å². The lowest BCUT2D eigenvalue weighted by Crippen LogP contribution is -2.41. The molecule has 2 rings (SSSR count). The molecule has 1 aromatic carbocycles. The van der Waals surface area contributed by atoms with Crippen molar-refractivity contribution in [2.24, 2.45) is 5.92 Å². The fourth-order valence-electron chi connectivity index (χ4n) is 2.61. The van der Waals surface area contributed by atoms with Gasteiger partial charge >= 0.3 is 0 Å². The Bertz CT molecular complexity index is 668. The fourth-order valence-corrected chi connectivity index (χ4v) is 3.63. The van der Waals surface area contributed by atoms with Gasteiger partial charge in [0.15, 0.2) is 0 Å². The summed E-state index contributed by atoms with van der Waals surface area (Å²) in [7, 11) is -3.57. The van der Waals surface area contributed by atoms with Crippen LogP contribution in [0, 0.1) is 5.92 Å². The van der Waals surface area contributed by atoms with Crippen LogP contribution in [0.1, 0.15) is 30.6 Å². The van der Waals surface area contributed by atoms with Gasteiger partial charge in [0.1, 0.15) is 0 Å². The Morgan fingerprint density at radius 3 is 2.42 bits per heavy atom. The zero-order valence-corrected chi connectivity index (χ0v) is 16.3. The van der Waals surface area contributed by atoms with E-state index in [0.717, 1.165) is 19.5 Å². The number of amides is 1. The van der Waals surface area contributed by atoms with Gasteiger partial charge in [-0.25, -0.2) is 13.1 Å². The van der Waals surface area contributed by atoms with Crippen molar-refractivity contribution in [2.75, 3.05) is 45.9 Å². The van der Waals surface area contributed by atoms with E-state index in [1.54, 1.807) is 12.1 Å². The number of hydrogen-bond acceptors (Lipinski definition) is 5. The topological polar surface area (TPSA) is 87.7 Å². The normalized spacial score (nSPS) is 16.0. The molecular formula is C18H29N3O4S. The van der Waals surface area contributed by atoms with Gasteiger partial charge in [-0.2, -0.15) is 0 Å². The molecule has 0 radical (unpaired) electrons. The highest BCUT2D eigenvalue weighted by Gasteiger charge is 2.16. The van der Waals surface area contributed by atoms with E-state index in [1.165, 1.54) is 12.1 Å². The zero-order chi connectivity index (χ0) is 19.0. The van der Waals surface area contributed by atoms with Gasteiger partial charge in [-0.15, -0.1) is 0 Å². The van der Waals surface area contributed by atoms with Crippen molar-refractivity contribution >= 4 is 15.9 Å². The SMILES string of the molecule is CC(C)CCNC(=O)c1ccc(S(=O)(=O)NCCN2CCOCC2)cc1. The molecule has 1 heterocycles. The van der Waals surface area contributed by atoms with Crippen LogP contribution in [0.25, 0.3) is 0 Å². The first-order valence-corrected chi connectivity index (χ1v) is 10.5. The monoisotopic (exact) mass is 383 g/mol. The van der Waals surface area contributed by atoms with Gasteiger partial charge in [0.05, 0.1) is 18.1 Å². The molecule has 0 spiro atoms. The van der Waals surface area contributed by atoms with Crippen LogP contribution in [0.5, 0.6) is 0 Å². The molecule has 0 saturated carbocycles. The molecule has 0 aliphatic carbocycles. The Morgan fingerprint density at radius 1 is 1.15 bits per heavy atom. The molecule has 1 aliphatic heterocycles. The summed E-state index contributed by atoms with van der Waals surface area (Å²) in [5.74, 6) is 0.334. The molecule has 0 bridgehead atoms. The Balaban J connectivity index is 1.84. The Kier molecular flexibility index (Phi) is 8.02. The third kappa shape index (κ3) is 6.68. The summed E-state index contributed by atoms with van der Waals surface area (Å²) in [6.45, 7) is 8.82. The molecule has 0 aromatic heterocycles. The first kappa shape index (κ1) is 20.8. The molecule has 146 valence electrons. The second kappa shape index (κ2) is 10.0. The Hall–Kier alpha value is -1.48. The van der Waals surface area contributed by atoms with Crippen molar-refractivity contribution in [2.45, 2.75) is 25.2 Å². The van der Waals surface area contributed by atoms with E-state index in [2.05, 4.69) is 28.8 Å². The van der Waals surface area contributed by atoms with Crippen molar-refractivity contribution in [3.63, 3.8) is 0 Å². The predicted molar refractivity (Wildman–Crippen MR) is 101 cm³/mol. The van der Waals surface area contributed by atoms with Gasteiger partial charge in [0.2, 0.25) is 10.0 Å². The predicted octanol–water partition coefficient (Wildman–Crippen LogP) is 1.07. The minimum atomic E-state index is -3.57. The summed E-state index contributed by atoms with van der Waals surface area (Å²) in [4.78, 5) is 14.4. The van der Waals surface area contributed by atoms with Gasteiger partial charge in [0, 0.05) is 38.3 Å². The number of rotatable bonds is 9. The second-order valence-corrected chi connectivity index (χ2v) is 8.58. The van der Waals surface area contributed by atoms with E-state index < -0.39 is 10.0 Å². The largest absolute Gasteiger partial charge is 0.379 e. The lowest BCUT2D eigenvalue weighted by Gasteiger charge is -2.26. The minimum Gasteiger partial charge on any atom is -0.379 e. The highest BCUT2D eigenvalue weighted by Crippen LogP contribution is 2.11. The van der Waals surface area contributed by atoms with Crippen molar-refractivity contribution in [1.82, 2.24) is 14.9 Å². The van der Waals surface area contributed by atoms with E-state index >= 15 is 0 Å². The summed E-state index contributed by atoms with van der Waals surface area (Å²) >= 11 is 0. The van der Waals surface area contributed by atoms with Crippen LogP contribution in [0.4, 0.5) is 0 Å². The number of morpholine rings is 1. The molecule has 1 saturated heterocycles. The quantitative estimate of drug-likeness (QED) is 0.666. The molecule has 0 unspecified atom stereocenters. The third-order valence-electron chi connectivity index (χ3n) is 4.26. The number of hydrogen-bond donors (Lipinski definition) is 2. The molecule has 7 nitrogen and oxygen atoms in total. The van der Waals surface area contributed by atoms with E-state index in [1.807, 2.05) is 0 Å². The number of benzene rings is 1. The maximum absolute atomic E-state index is 12.3. The van der Waals surface area contributed by atoms with Crippen molar-refractivity contribution in [3.05, 3.63) is 29.8 Å². The lowest BCUT2D eigenvalue weighted by molar-refractivity contribution is 0.0390. The number of ether oxygens (including phenoxy) is 1. The number of nitrogens with zero attached hydrogens (tertiary/aromatic N) is 1. The molecule has 1 aromatic rings. The van der Waals surface area contributed by atoms with Crippen LogP contribution in [0.15, 0.2) is 29.2 Å². The molecular weight excluding hydrogens is 354 g/mol. The van der Waals surface area contributed by atoms with E-state index in [9.17, 15) is 13.2 Å². The third-order valence-corrected chi connectivity index (χ3v) is 5.73. The van der Waals surface area contributed by atoms with Crippen LogP contribution >= 0.6 is 0 Å². The van der Waals surface area contributed by atoms with Crippen molar-refractivity contribution in [1.29, 1.82) is 0 Å². The average Bonchev–Trinajstić information content (AvgIpc) is 2.62. The van der Waals surface area contributed by atoms with Gasteiger partial charge < -0.3 is 10.1 Å². The average molecular weight is 384 g/mol. The highest BCUT2D eigenvalue weighted by molar-refractivity contribution is 7.89. The van der Waals surface area contributed by atoms with E-state index in [-0.39, 0.29) is 10.8 Å². The Labute approximate surface area is 156 Å². The summed E-state index contributed by atoms with van der Waals surface area (Å²) in [5.41, 5.74) is 0.459. The number of sulfonamides is 1. The molecule has 1 aliphatic rings. The van der Waals surface area contributed by atoms with Crippen LogP contribution in [-0.2, 0) is 14.8 Å². The van der Waals surface area contributed by atoms with Crippen molar-refractivity contribution in [3.8, 4) is 0 Å². The maximum Gasteiger partial charge on any atom is 0.251 e. The fraction of sp³-hybridized carbons (Fsp3) is 0.611. The van der Waals surface area contributed by atoms with Crippen LogP contribution < -0.4 is 10.0 Å². The number of carbonyl (C=O) groups is 1. The van der Waals surface area contributed by atoms with Gasteiger partial charge in [0.25, 0.3) is 5.91 Å². The maximum atomic E-state index is 12.3. The van der Waals surface area contributed by atoms with E-state index in [4.69, 9.17) is 4.74 Å². The first-order valence-electron chi connectivity index (χ1n) is 9.06. The number of nitrogens with one attached hydrogen (secondary N) is 2. The van der Waals surface area contributed by atoms with Gasteiger partial charge in [-0.3, -0.25) is 9.69 Å². The summed E-state index contributed by atoms with van der Waals surface area (Å²) in [6, 6.07) is 6.02. The number of carbonyl (C=O) groups excluding carboxylic acids is 1. The van der Waals surface area contributed by atoms with Crippen LogP contribution in [0.3, 0.4) is 0 Å². The lowest BCUT2D eigenvalue weighted by atomic mass is 10.1. The van der Waals surface area contributed by atoms with Crippen molar-refractivity contribution < 1.29 is 17.9 Å². The molecule has 8 heteroatoms. The summed E-state index contributed by atoms with van der Waals surface area (Å²) in [5, 5.41) is 2.84. The van der Waals surface area contributed by atoms with E-state index in [0.29, 0.717) is 44.3 Å². The van der Waals surface area contributed by atoms with Gasteiger partial charge in [-0.1, -0.05) is 13.8 Å². The molecule has 1 amide bonds. The molecule has 0 atom stereocenters. The smallest absolute Gasteiger partial charge is 0.251 e. The minimum absolute atomic E-state index is 0.165. The molecule has 26 heavy (non-hydrogen) atoms. The second-order valence-electron chi connectivity index (χ2n) is 6.81. The first-order chi connectivity index (χ1) is 12.4. The Morgan fingerprint density at radius 2 is 1.81 bits per heavy atom. The summed E-state index contributed by atoms with van der Waals surface area (Å²) < 4.78 is 32.6. The molecule has 1 fully saturated rings.